The van der Waals surface area contributed by atoms with E-state index in [9.17, 15) is 9.59 Å². The predicted molar refractivity (Wildman–Crippen MR) is 117 cm³/mol. The summed E-state index contributed by atoms with van der Waals surface area (Å²) in [6.45, 7) is 3.72. The van der Waals surface area contributed by atoms with Crippen LogP contribution in [0.25, 0.3) is 0 Å². The van der Waals surface area contributed by atoms with Gasteiger partial charge in [-0.05, 0) is 42.2 Å². The highest BCUT2D eigenvalue weighted by atomic mass is 16.5. The maximum atomic E-state index is 12.9. The quantitative estimate of drug-likeness (QED) is 0.587. The topological polar surface area (TPSA) is 67.4 Å². The van der Waals surface area contributed by atoms with Crippen molar-refractivity contribution in [2.45, 2.75) is 32.3 Å². The number of nitrogens with one attached hydrogen (secondary N) is 2. The summed E-state index contributed by atoms with van der Waals surface area (Å²) in [5, 5.41) is 0. The van der Waals surface area contributed by atoms with Gasteiger partial charge < -0.3 is 4.74 Å². The van der Waals surface area contributed by atoms with Crippen molar-refractivity contribution in [2.24, 2.45) is 0 Å². The number of amides is 2. The number of carbonyl (C=O) groups is 2. The molecule has 3 aromatic carbocycles. The fraction of sp³-hybridized carbons (Fsp3) is 0.200. The SMILES string of the molecule is CCc1ccc(O[C@H](C)C(=O)NNC(=O)C(c2ccccc2)c2ccccc2)cc1. The molecule has 1 atom stereocenters. The standard InChI is InChI=1S/C25H26N2O3/c1-3-19-14-16-22(17-15-19)30-18(2)24(28)26-27-25(29)23(20-10-6-4-7-11-20)21-12-8-5-9-13-21/h4-18,23H,3H2,1-2H3,(H,26,28)(H,27,29)/t18-/m1/s1. The fourth-order valence-corrected chi connectivity index (χ4v) is 3.14. The largest absolute Gasteiger partial charge is 0.481 e. The van der Waals surface area contributed by atoms with E-state index in [2.05, 4.69) is 17.8 Å². The molecule has 0 aliphatic rings. The Balaban J connectivity index is 1.63. The van der Waals surface area contributed by atoms with Crippen LogP contribution in [-0.4, -0.2) is 17.9 Å². The molecular weight excluding hydrogens is 376 g/mol. The second-order valence-electron chi connectivity index (χ2n) is 6.99. The first-order chi connectivity index (χ1) is 14.6. The molecule has 2 N–H and O–H groups in total. The average Bonchev–Trinajstić information content (AvgIpc) is 2.79. The maximum absolute atomic E-state index is 12.9. The van der Waals surface area contributed by atoms with Crippen molar-refractivity contribution in [3.8, 4) is 5.75 Å². The summed E-state index contributed by atoms with van der Waals surface area (Å²) in [4.78, 5) is 25.4. The number of hydrazine groups is 1. The van der Waals surface area contributed by atoms with E-state index in [1.807, 2.05) is 84.9 Å². The zero-order chi connectivity index (χ0) is 21.3. The van der Waals surface area contributed by atoms with Crippen LogP contribution in [0.3, 0.4) is 0 Å². The minimum absolute atomic E-state index is 0.319. The van der Waals surface area contributed by atoms with Crippen LogP contribution in [-0.2, 0) is 16.0 Å². The van der Waals surface area contributed by atoms with E-state index in [1.54, 1.807) is 6.92 Å². The third-order valence-electron chi connectivity index (χ3n) is 4.85. The van der Waals surface area contributed by atoms with E-state index in [1.165, 1.54) is 5.56 Å². The van der Waals surface area contributed by atoms with E-state index < -0.39 is 17.9 Å². The van der Waals surface area contributed by atoms with Gasteiger partial charge in [0, 0.05) is 0 Å². The monoisotopic (exact) mass is 402 g/mol. The first-order valence-electron chi connectivity index (χ1n) is 10.0. The molecular formula is C25H26N2O3. The number of hydrogen-bond donors (Lipinski definition) is 2. The predicted octanol–water partition coefficient (Wildman–Crippen LogP) is 4.00. The van der Waals surface area contributed by atoms with E-state index in [0.29, 0.717) is 5.75 Å². The Bertz CT molecular complexity index is 917. The lowest BCUT2D eigenvalue weighted by Gasteiger charge is -2.20. The summed E-state index contributed by atoms with van der Waals surface area (Å²) in [6, 6.07) is 26.5. The number of rotatable bonds is 7. The fourth-order valence-electron chi connectivity index (χ4n) is 3.14. The average molecular weight is 402 g/mol. The van der Waals surface area contributed by atoms with Crippen LogP contribution in [0.4, 0.5) is 0 Å². The summed E-state index contributed by atoms with van der Waals surface area (Å²) in [5.41, 5.74) is 7.91. The van der Waals surface area contributed by atoms with Crippen molar-refractivity contribution < 1.29 is 14.3 Å². The molecule has 0 bridgehead atoms. The second kappa shape index (κ2) is 10.3. The van der Waals surface area contributed by atoms with Crippen LogP contribution in [0, 0.1) is 0 Å². The summed E-state index contributed by atoms with van der Waals surface area (Å²) in [7, 11) is 0. The minimum Gasteiger partial charge on any atom is -0.481 e. The molecule has 0 aliphatic heterocycles. The highest BCUT2D eigenvalue weighted by Crippen LogP contribution is 2.24. The van der Waals surface area contributed by atoms with Gasteiger partial charge in [-0.25, -0.2) is 0 Å². The van der Waals surface area contributed by atoms with Crippen molar-refractivity contribution in [3.63, 3.8) is 0 Å². The maximum Gasteiger partial charge on any atom is 0.279 e. The van der Waals surface area contributed by atoms with E-state index in [0.717, 1.165) is 17.5 Å². The van der Waals surface area contributed by atoms with Crippen molar-refractivity contribution in [2.75, 3.05) is 0 Å². The second-order valence-corrected chi connectivity index (χ2v) is 6.99. The summed E-state index contributed by atoms with van der Waals surface area (Å²) < 4.78 is 5.67. The zero-order valence-electron chi connectivity index (χ0n) is 17.2. The Morgan fingerprint density at radius 2 is 1.27 bits per heavy atom. The van der Waals surface area contributed by atoms with E-state index in [-0.39, 0.29) is 5.91 Å². The molecule has 0 unspecified atom stereocenters. The summed E-state index contributed by atoms with van der Waals surface area (Å²) >= 11 is 0. The van der Waals surface area contributed by atoms with Gasteiger partial charge in [-0.2, -0.15) is 0 Å². The lowest BCUT2D eigenvalue weighted by molar-refractivity contribution is -0.133. The Hall–Kier alpha value is -3.60. The highest BCUT2D eigenvalue weighted by molar-refractivity contribution is 5.90. The smallest absolute Gasteiger partial charge is 0.279 e. The molecule has 3 rings (SSSR count). The lowest BCUT2D eigenvalue weighted by atomic mass is 9.91. The van der Waals surface area contributed by atoms with Crippen LogP contribution in [0.15, 0.2) is 84.9 Å². The molecule has 30 heavy (non-hydrogen) atoms. The lowest BCUT2D eigenvalue weighted by Crippen LogP contribution is -2.48. The van der Waals surface area contributed by atoms with Gasteiger partial charge in [-0.15, -0.1) is 0 Å². The van der Waals surface area contributed by atoms with Gasteiger partial charge in [-0.3, -0.25) is 20.4 Å². The van der Waals surface area contributed by atoms with Crippen LogP contribution in [0.2, 0.25) is 0 Å². The van der Waals surface area contributed by atoms with Gasteiger partial charge in [0.1, 0.15) is 5.75 Å². The molecule has 2 amide bonds. The molecule has 5 heteroatoms. The van der Waals surface area contributed by atoms with Gasteiger partial charge in [-0.1, -0.05) is 79.7 Å². The Kier molecular flexibility index (Phi) is 7.22. The van der Waals surface area contributed by atoms with Crippen LogP contribution >= 0.6 is 0 Å². The Morgan fingerprint density at radius 3 is 1.77 bits per heavy atom. The normalized spacial score (nSPS) is 11.6. The number of hydrogen-bond acceptors (Lipinski definition) is 3. The molecule has 0 aromatic heterocycles. The van der Waals surface area contributed by atoms with Crippen LogP contribution < -0.4 is 15.6 Å². The number of benzene rings is 3. The third kappa shape index (κ3) is 5.47. The summed E-state index contributed by atoms with van der Waals surface area (Å²) in [5.74, 6) is -0.679. The third-order valence-corrected chi connectivity index (χ3v) is 4.85. The van der Waals surface area contributed by atoms with Crippen LogP contribution in [0.5, 0.6) is 5.75 Å². The van der Waals surface area contributed by atoms with E-state index >= 15 is 0 Å². The van der Waals surface area contributed by atoms with Crippen molar-refractivity contribution in [1.82, 2.24) is 10.9 Å². The number of aryl methyl sites for hydroxylation is 1. The molecule has 154 valence electrons. The molecule has 0 saturated carbocycles. The van der Waals surface area contributed by atoms with Crippen molar-refractivity contribution >= 4 is 11.8 Å². The number of carbonyl (C=O) groups excluding carboxylic acids is 2. The van der Waals surface area contributed by atoms with Gasteiger partial charge >= 0.3 is 0 Å². The minimum atomic E-state index is -0.760. The molecule has 0 saturated heterocycles. The molecule has 0 heterocycles. The zero-order valence-corrected chi connectivity index (χ0v) is 17.2. The van der Waals surface area contributed by atoms with Crippen LogP contribution in [0.1, 0.15) is 36.5 Å². The van der Waals surface area contributed by atoms with Gasteiger partial charge in [0.2, 0.25) is 5.91 Å². The Morgan fingerprint density at radius 1 is 0.767 bits per heavy atom. The Labute approximate surface area is 177 Å². The van der Waals surface area contributed by atoms with E-state index in [4.69, 9.17) is 4.74 Å². The first-order valence-corrected chi connectivity index (χ1v) is 10.0. The molecule has 0 radical (unpaired) electrons. The van der Waals surface area contributed by atoms with Crippen molar-refractivity contribution in [3.05, 3.63) is 102 Å². The van der Waals surface area contributed by atoms with Gasteiger partial charge in [0.05, 0.1) is 5.92 Å². The van der Waals surface area contributed by atoms with Gasteiger partial charge in [0.15, 0.2) is 6.10 Å². The molecule has 0 aliphatic carbocycles. The highest BCUT2D eigenvalue weighted by Gasteiger charge is 2.24. The number of ether oxygens (including phenoxy) is 1. The van der Waals surface area contributed by atoms with Gasteiger partial charge in [0.25, 0.3) is 5.91 Å². The first kappa shape index (κ1) is 21.1. The molecule has 5 nitrogen and oxygen atoms in total. The molecule has 0 fully saturated rings. The molecule has 3 aromatic rings. The molecule has 0 spiro atoms. The van der Waals surface area contributed by atoms with Crippen molar-refractivity contribution in [1.29, 1.82) is 0 Å². The summed E-state index contributed by atoms with van der Waals surface area (Å²) in [6.07, 6.45) is 0.177.